The molecule has 0 saturated carbocycles. The lowest BCUT2D eigenvalue weighted by molar-refractivity contribution is 0.630. The average molecular weight is 445 g/mol. The summed E-state index contributed by atoms with van der Waals surface area (Å²) in [5, 5.41) is 17.9. The zero-order valence-electron chi connectivity index (χ0n) is 16.6. The molecule has 0 bridgehead atoms. The highest BCUT2D eigenvalue weighted by Crippen LogP contribution is 2.36. The lowest BCUT2D eigenvalue weighted by atomic mass is 10.1. The van der Waals surface area contributed by atoms with Crippen LogP contribution in [0.4, 0.5) is 0 Å². The summed E-state index contributed by atoms with van der Waals surface area (Å²) in [6, 6.07) is 26.0. The Hall–Kier alpha value is -3.42. The van der Waals surface area contributed by atoms with E-state index in [-0.39, 0.29) is 0 Å². The Morgan fingerprint density at radius 1 is 0.806 bits per heavy atom. The first-order valence-electron chi connectivity index (χ1n) is 9.59. The summed E-state index contributed by atoms with van der Waals surface area (Å²) in [6.45, 7) is 0. The van der Waals surface area contributed by atoms with Gasteiger partial charge in [-0.2, -0.15) is 9.90 Å². The fourth-order valence-electron chi connectivity index (χ4n) is 3.15. The average Bonchev–Trinajstić information content (AvgIpc) is 3.43. The maximum atomic E-state index is 6.05. The van der Waals surface area contributed by atoms with Crippen LogP contribution in [0, 0.1) is 0 Å². The molecule has 0 atom stereocenters. The second kappa shape index (κ2) is 8.37. The van der Waals surface area contributed by atoms with Crippen LogP contribution in [-0.4, -0.2) is 30.0 Å². The number of halogens is 1. The highest BCUT2D eigenvalue weighted by Gasteiger charge is 2.15. The van der Waals surface area contributed by atoms with E-state index >= 15 is 0 Å². The van der Waals surface area contributed by atoms with Gasteiger partial charge in [0.05, 0.1) is 17.6 Å². The number of hydrogen-bond acceptors (Lipinski definition) is 5. The third-order valence-electron chi connectivity index (χ3n) is 4.67. The van der Waals surface area contributed by atoms with E-state index in [1.165, 1.54) is 4.80 Å². The van der Waals surface area contributed by atoms with Crippen molar-refractivity contribution in [1.82, 2.24) is 30.0 Å². The molecule has 0 saturated heterocycles. The zero-order valence-corrected chi connectivity index (χ0v) is 18.1. The number of rotatable bonds is 5. The predicted octanol–water partition coefficient (Wildman–Crippen LogP) is 5.53. The molecule has 0 aliphatic rings. The topological polar surface area (TPSA) is 61.4 Å². The van der Waals surface area contributed by atoms with Gasteiger partial charge in [0.25, 0.3) is 0 Å². The summed E-state index contributed by atoms with van der Waals surface area (Å²) in [6.07, 6.45) is 2.06. The van der Waals surface area contributed by atoms with Gasteiger partial charge in [0.2, 0.25) is 5.82 Å². The monoisotopic (exact) mass is 444 g/mol. The number of aryl methyl sites for hydroxylation is 1. The van der Waals surface area contributed by atoms with Crippen LogP contribution in [0.3, 0.4) is 0 Å². The fourth-order valence-corrected chi connectivity index (χ4v) is 4.21. The molecular weight excluding hydrogens is 428 g/mol. The fraction of sp³-hybridized carbons (Fsp3) is 0.0435. The predicted molar refractivity (Wildman–Crippen MR) is 122 cm³/mol. The van der Waals surface area contributed by atoms with Crippen LogP contribution in [0.5, 0.6) is 0 Å². The van der Waals surface area contributed by atoms with E-state index in [4.69, 9.17) is 16.7 Å². The molecule has 5 rings (SSSR count). The Bertz CT molecular complexity index is 1310. The van der Waals surface area contributed by atoms with Crippen molar-refractivity contribution in [3.8, 4) is 28.3 Å². The minimum Gasteiger partial charge on any atom is -0.239 e. The van der Waals surface area contributed by atoms with Gasteiger partial charge < -0.3 is 0 Å². The van der Waals surface area contributed by atoms with Crippen LogP contribution < -0.4 is 0 Å². The number of nitrogens with zero attached hydrogens (tertiary/aromatic N) is 6. The third kappa shape index (κ3) is 4.23. The molecule has 0 aliphatic heterocycles. The molecule has 3 aromatic carbocycles. The largest absolute Gasteiger partial charge is 0.239 e. The van der Waals surface area contributed by atoms with Gasteiger partial charge in [-0.1, -0.05) is 65.8 Å². The summed E-state index contributed by atoms with van der Waals surface area (Å²) in [4.78, 5) is 3.60. The van der Waals surface area contributed by atoms with Gasteiger partial charge in [-0.15, -0.1) is 10.2 Å². The quantitative estimate of drug-likeness (QED) is 0.356. The van der Waals surface area contributed by atoms with Crippen molar-refractivity contribution in [3.05, 3.63) is 90.1 Å². The molecule has 0 fully saturated rings. The molecule has 0 spiro atoms. The van der Waals surface area contributed by atoms with E-state index in [1.54, 1.807) is 18.8 Å². The molecule has 0 unspecified atom stereocenters. The summed E-state index contributed by atoms with van der Waals surface area (Å²) in [7, 11) is 1.75. The van der Waals surface area contributed by atoms with Gasteiger partial charge >= 0.3 is 0 Å². The number of hydrogen-bond donors (Lipinski definition) is 0. The molecule has 8 heteroatoms. The minimum absolute atomic E-state index is 0.597. The second-order valence-corrected chi connectivity index (χ2v) is 8.41. The highest BCUT2D eigenvalue weighted by molar-refractivity contribution is 7.99. The molecule has 0 N–H and O–H groups in total. The molecule has 31 heavy (non-hydrogen) atoms. The van der Waals surface area contributed by atoms with Gasteiger partial charge in [-0.3, -0.25) is 0 Å². The van der Waals surface area contributed by atoms with E-state index in [0.717, 1.165) is 37.3 Å². The molecule has 0 amide bonds. The molecule has 6 nitrogen and oxygen atoms in total. The van der Waals surface area contributed by atoms with E-state index < -0.39 is 0 Å². The minimum atomic E-state index is 0.597. The van der Waals surface area contributed by atoms with Gasteiger partial charge in [0.15, 0.2) is 0 Å². The van der Waals surface area contributed by atoms with Crippen LogP contribution in [-0.2, 0) is 7.05 Å². The standard InChI is InChI=1S/C23H17ClN6S/c1-29-27-23(25-28-29)17-9-7-16(8-10-17)22-21(31-20-13-11-18(24)12-14-20)15-30(26-22)19-5-3-2-4-6-19/h2-15H,1H3. The SMILES string of the molecule is Cn1nnc(-c2ccc(-c3nn(-c4ccccc4)cc3Sc3ccc(Cl)cc3)cc2)n1. The molecule has 0 radical (unpaired) electrons. The van der Waals surface area contributed by atoms with Gasteiger partial charge in [-0.05, 0) is 41.6 Å². The molecule has 2 aromatic heterocycles. The van der Waals surface area contributed by atoms with E-state index in [2.05, 4.69) is 21.6 Å². The Morgan fingerprint density at radius 2 is 1.52 bits per heavy atom. The molecule has 152 valence electrons. The maximum absolute atomic E-state index is 6.05. The third-order valence-corrected chi connectivity index (χ3v) is 5.95. The Balaban J connectivity index is 1.54. The second-order valence-electron chi connectivity index (χ2n) is 6.86. The van der Waals surface area contributed by atoms with Crippen molar-refractivity contribution in [2.75, 3.05) is 0 Å². The molecule has 0 aliphatic carbocycles. The first kappa shape index (κ1) is 19.5. The summed E-state index contributed by atoms with van der Waals surface area (Å²) < 4.78 is 1.91. The van der Waals surface area contributed by atoms with Crippen LogP contribution >= 0.6 is 23.4 Å². The van der Waals surface area contributed by atoms with Crippen molar-refractivity contribution in [3.63, 3.8) is 0 Å². The van der Waals surface area contributed by atoms with Gasteiger partial charge in [0, 0.05) is 27.2 Å². The van der Waals surface area contributed by atoms with Crippen molar-refractivity contribution in [1.29, 1.82) is 0 Å². The summed E-state index contributed by atoms with van der Waals surface area (Å²) >= 11 is 7.71. The van der Waals surface area contributed by atoms with Gasteiger partial charge in [0.1, 0.15) is 5.69 Å². The number of para-hydroxylation sites is 1. The maximum Gasteiger partial charge on any atom is 0.204 e. The lowest BCUT2D eigenvalue weighted by Gasteiger charge is -2.04. The number of tetrazole rings is 1. The van der Waals surface area contributed by atoms with Crippen LogP contribution in [0.15, 0.2) is 94.9 Å². The van der Waals surface area contributed by atoms with Crippen LogP contribution in [0.1, 0.15) is 0 Å². The Kier molecular flexibility index (Phi) is 5.28. The summed E-state index contributed by atoms with van der Waals surface area (Å²) in [5.74, 6) is 0.597. The first-order chi connectivity index (χ1) is 15.2. The van der Waals surface area contributed by atoms with E-state index in [0.29, 0.717) is 5.82 Å². The first-order valence-corrected chi connectivity index (χ1v) is 10.8. The molecule has 2 heterocycles. The smallest absolute Gasteiger partial charge is 0.204 e. The normalized spacial score (nSPS) is 11.0. The Labute approximate surface area is 188 Å². The highest BCUT2D eigenvalue weighted by atomic mass is 35.5. The van der Waals surface area contributed by atoms with E-state index in [9.17, 15) is 0 Å². The zero-order chi connectivity index (χ0) is 21.2. The Morgan fingerprint density at radius 3 is 2.19 bits per heavy atom. The van der Waals surface area contributed by atoms with Crippen molar-refractivity contribution >= 4 is 23.4 Å². The molecular formula is C23H17ClN6S. The van der Waals surface area contributed by atoms with Crippen molar-refractivity contribution < 1.29 is 0 Å². The van der Waals surface area contributed by atoms with Crippen LogP contribution in [0.2, 0.25) is 5.02 Å². The summed E-state index contributed by atoms with van der Waals surface area (Å²) in [5.41, 5.74) is 3.83. The van der Waals surface area contributed by atoms with Crippen molar-refractivity contribution in [2.45, 2.75) is 9.79 Å². The van der Waals surface area contributed by atoms with Crippen molar-refractivity contribution in [2.24, 2.45) is 7.05 Å². The molecule has 5 aromatic rings. The van der Waals surface area contributed by atoms with E-state index in [1.807, 2.05) is 83.5 Å². The van der Waals surface area contributed by atoms with Gasteiger partial charge in [-0.25, -0.2) is 4.68 Å². The van der Waals surface area contributed by atoms with Crippen LogP contribution in [0.25, 0.3) is 28.3 Å². The lowest BCUT2D eigenvalue weighted by Crippen LogP contribution is -1.94. The number of aromatic nitrogens is 6. The number of benzene rings is 3.